The second-order valence-electron chi connectivity index (χ2n) is 4.76. The van der Waals surface area contributed by atoms with Crippen molar-refractivity contribution in [3.63, 3.8) is 0 Å². The number of carbonyl (C=O) groups excluding carboxylic acids is 2. The van der Waals surface area contributed by atoms with Crippen molar-refractivity contribution in [3.05, 3.63) is 23.8 Å². The van der Waals surface area contributed by atoms with Crippen molar-refractivity contribution < 1.29 is 9.59 Å². The molecule has 1 aliphatic rings. The second-order valence-corrected chi connectivity index (χ2v) is 4.76. The zero-order chi connectivity index (χ0) is 14.0. The quantitative estimate of drug-likeness (QED) is 0.858. The lowest BCUT2D eigenvalue weighted by molar-refractivity contribution is -0.118. The third-order valence-electron chi connectivity index (χ3n) is 3.45. The molecule has 0 bridgehead atoms. The fraction of sp³-hybridized carbons (Fsp3) is 0.429. The highest BCUT2D eigenvalue weighted by atomic mass is 16.2. The van der Waals surface area contributed by atoms with Crippen LogP contribution in [0.2, 0.25) is 0 Å². The number of fused-ring (bicyclic) bond motifs is 1. The zero-order valence-corrected chi connectivity index (χ0v) is 11.5. The molecule has 1 heterocycles. The lowest BCUT2D eigenvalue weighted by Gasteiger charge is -2.15. The van der Waals surface area contributed by atoms with Crippen molar-refractivity contribution >= 4 is 23.2 Å². The Bertz CT molecular complexity index is 513. The van der Waals surface area contributed by atoms with Gasteiger partial charge in [0.05, 0.1) is 6.04 Å². The van der Waals surface area contributed by atoms with E-state index in [0.717, 1.165) is 29.9 Å². The molecule has 102 valence electrons. The van der Waals surface area contributed by atoms with Crippen LogP contribution in [0.4, 0.5) is 11.4 Å². The van der Waals surface area contributed by atoms with Gasteiger partial charge in [0.1, 0.15) is 0 Å². The van der Waals surface area contributed by atoms with Crippen LogP contribution in [0.5, 0.6) is 0 Å². The molecule has 2 amide bonds. The van der Waals surface area contributed by atoms with E-state index in [1.54, 1.807) is 25.8 Å². The van der Waals surface area contributed by atoms with E-state index in [1.807, 2.05) is 18.2 Å². The first kappa shape index (κ1) is 13.5. The molecule has 0 spiro atoms. The number of hydrogen-bond donors (Lipinski definition) is 2. The van der Waals surface area contributed by atoms with Gasteiger partial charge in [-0.3, -0.25) is 9.59 Å². The number of rotatable bonds is 3. The molecule has 5 nitrogen and oxygen atoms in total. The monoisotopic (exact) mass is 261 g/mol. The average Bonchev–Trinajstić information content (AvgIpc) is 2.80. The van der Waals surface area contributed by atoms with Crippen LogP contribution in [-0.2, 0) is 16.0 Å². The van der Waals surface area contributed by atoms with Crippen LogP contribution in [0.25, 0.3) is 0 Å². The SMILES string of the molecule is CNC(C)C(=O)Nc1ccc2c(c1)CCN2C(C)=O. The van der Waals surface area contributed by atoms with Gasteiger partial charge in [-0.1, -0.05) is 0 Å². The highest BCUT2D eigenvalue weighted by molar-refractivity contribution is 5.97. The Labute approximate surface area is 113 Å². The number of nitrogens with zero attached hydrogens (tertiary/aromatic N) is 1. The van der Waals surface area contributed by atoms with E-state index in [-0.39, 0.29) is 17.9 Å². The highest BCUT2D eigenvalue weighted by Gasteiger charge is 2.22. The van der Waals surface area contributed by atoms with E-state index in [4.69, 9.17) is 0 Å². The fourth-order valence-electron chi connectivity index (χ4n) is 2.19. The van der Waals surface area contributed by atoms with E-state index in [1.165, 1.54) is 0 Å². The molecule has 0 saturated heterocycles. The maximum Gasteiger partial charge on any atom is 0.241 e. The molecular formula is C14H19N3O2. The van der Waals surface area contributed by atoms with Gasteiger partial charge in [0, 0.05) is 24.8 Å². The Morgan fingerprint density at radius 1 is 1.37 bits per heavy atom. The zero-order valence-electron chi connectivity index (χ0n) is 11.5. The summed E-state index contributed by atoms with van der Waals surface area (Å²) in [6, 6.07) is 5.43. The third kappa shape index (κ3) is 2.76. The first-order valence-corrected chi connectivity index (χ1v) is 6.42. The molecule has 0 saturated carbocycles. The summed E-state index contributed by atoms with van der Waals surface area (Å²) >= 11 is 0. The summed E-state index contributed by atoms with van der Waals surface area (Å²) < 4.78 is 0. The maximum absolute atomic E-state index is 11.8. The standard InChI is InChI=1S/C14H19N3O2/c1-9(15-3)14(19)16-12-4-5-13-11(8-12)6-7-17(13)10(2)18/h4-5,8-9,15H,6-7H2,1-3H3,(H,16,19). The van der Waals surface area contributed by atoms with Gasteiger partial charge in [-0.25, -0.2) is 0 Å². The summed E-state index contributed by atoms with van der Waals surface area (Å²) in [5.74, 6) is -0.0109. The summed E-state index contributed by atoms with van der Waals surface area (Å²) in [6.07, 6.45) is 0.834. The molecule has 1 unspecified atom stereocenters. The number of likely N-dealkylation sites (N-methyl/N-ethyl adjacent to an activating group) is 1. The van der Waals surface area contributed by atoms with E-state index in [2.05, 4.69) is 10.6 Å². The Hall–Kier alpha value is -1.88. The van der Waals surface area contributed by atoms with Crippen molar-refractivity contribution in [2.75, 3.05) is 23.8 Å². The van der Waals surface area contributed by atoms with E-state index < -0.39 is 0 Å². The lowest BCUT2D eigenvalue weighted by Crippen LogP contribution is -2.35. The Kier molecular flexibility index (Phi) is 3.85. The van der Waals surface area contributed by atoms with Crippen molar-refractivity contribution in [2.24, 2.45) is 0 Å². The molecule has 19 heavy (non-hydrogen) atoms. The molecule has 2 N–H and O–H groups in total. The normalized spacial score (nSPS) is 15.0. The molecule has 1 aromatic rings. The van der Waals surface area contributed by atoms with Crippen LogP contribution in [0.15, 0.2) is 18.2 Å². The van der Waals surface area contributed by atoms with Crippen LogP contribution >= 0.6 is 0 Å². The number of hydrogen-bond acceptors (Lipinski definition) is 3. The van der Waals surface area contributed by atoms with Crippen molar-refractivity contribution in [3.8, 4) is 0 Å². The minimum atomic E-state index is -0.234. The van der Waals surface area contributed by atoms with Gasteiger partial charge in [-0.15, -0.1) is 0 Å². The van der Waals surface area contributed by atoms with Gasteiger partial charge in [-0.2, -0.15) is 0 Å². The van der Waals surface area contributed by atoms with Gasteiger partial charge in [0.2, 0.25) is 11.8 Å². The number of nitrogens with one attached hydrogen (secondary N) is 2. The first-order chi connectivity index (χ1) is 9.02. The summed E-state index contributed by atoms with van der Waals surface area (Å²) in [6.45, 7) is 4.09. The summed E-state index contributed by atoms with van der Waals surface area (Å²) in [5, 5.41) is 5.76. The molecule has 0 aromatic heterocycles. The predicted octanol–water partition coefficient (Wildman–Crippen LogP) is 1.14. The van der Waals surface area contributed by atoms with Crippen LogP contribution in [0.1, 0.15) is 19.4 Å². The van der Waals surface area contributed by atoms with Crippen LogP contribution in [-0.4, -0.2) is 31.4 Å². The molecule has 5 heteroatoms. The second kappa shape index (κ2) is 5.40. The van der Waals surface area contributed by atoms with E-state index in [9.17, 15) is 9.59 Å². The van der Waals surface area contributed by atoms with Gasteiger partial charge < -0.3 is 15.5 Å². The topological polar surface area (TPSA) is 61.4 Å². The number of anilines is 2. The Balaban J connectivity index is 2.15. The molecule has 1 aliphatic heterocycles. The summed E-state index contributed by atoms with van der Waals surface area (Å²) in [5.41, 5.74) is 2.83. The van der Waals surface area contributed by atoms with Gasteiger partial charge in [0.15, 0.2) is 0 Å². The molecule has 2 rings (SSSR count). The van der Waals surface area contributed by atoms with Crippen LogP contribution in [0, 0.1) is 0 Å². The minimum Gasteiger partial charge on any atom is -0.325 e. The minimum absolute atomic E-state index is 0.0549. The van der Waals surface area contributed by atoms with E-state index >= 15 is 0 Å². The molecule has 1 atom stereocenters. The molecular weight excluding hydrogens is 242 g/mol. The average molecular weight is 261 g/mol. The van der Waals surface area contributed by atoms with Crippen molar-refractivity contribution in [1.82, 2.24) is 5.32 Å². The fourth-order valence-corrected chi connectivity index (χ4v) is 2.19. The molecule has 0 fully saturated rings. The maximum atomic E-state index is 11.8. The third-order valence-corrected chi connectivity index (χ3v) is 3.45. The highest BCUT2D eigenvalue weighted by Crippen LogP contribution is 2.30. The summed E-state index contributed by atoms with van der Waals surface area (Å²) in [7, 11) is 1.75. The van der Waals surface area contributed by atoms with Crippen molar-refractivity contribution in [1.29, 1.82) is 0 Å². The lowest BCUT2D eigenvalue weighted by atomic mass is 10.1. The number of amides is 2. The Morgan fingerprint density at radius 2 is 2.11 bits per heavy atom. The van der Waals surface area contributed by atoms with Crippen LogP contribution < -0.4 is 15.5 Å². The smallest absolute Gasteiger partial charge is 0.241 e. The molecule has 0 radical (unpaired) electrons. The largest absolute Gasteiger partial charge is 0.325 e. The van der Waals surface area contributed by atoms with Crippen LogP contribution in [0.3, 0.4) is 0 Å². The van der Waals surface area contributed by atoms with Gasteiger partial charge in [-0.05, 0) is 44.2 Å². The first-order valence-electron chi connectivity index (χ1n) is 6.42. The molecule has 1 aromatic carbocycles. The van der Waals surface area contributed by atoms with Crippen molar-refractivity contribution in [2.45, 2.75) is 26.3 Å². The summed E-state index contributed by atoms with van der Waals surface area (Å²) in [4.78, 5) is 25.0. The molecule has 0 aliphatic carbocycles. The number of benzene rings is 1. The van der Waals surface area contributed by atoms with Gasteiger partial charge in [0.25, 0.3) is 0 Å². The number of carbonyl (C=O) groups is 2. The van der Waals surface area contributed by atoms with Gasteiger partial charge >= 0.3 is 0 Å². The predicted molar refractivity (Wildman–Crippen MR) is 75.3 cm³/mol. The Morgan fingerprint density at radius 3 is 2.74 bits per heavy atom. The van der Waals surface area contributed by atoms with E-state index in [0.29, 0.717) is 0 Å².